The standard InChI is InChI=1S/C21H21ClN6O4S/c1-26-8-10-27(11-9-26)18-7-6-14(22)12-16(18)23-19(29)13-33-21-25-24-20(32-21)15-4-2-3-5-17(15)28(30)31/h2-7,12H,8-11,13H2,1H3,(H,23,29). The summed E-state index contributed by atoms with van der Waals surface area (Å²) in [7, 11) is 2.08. The average molecular weight is 489 g/mol. The number of thioether (sulfide) groups is 1. The molecule has 1 amide bonds. The molecule has 0 bridgehead atoms. The van der Waals surface area contributed by atoms with Crippen LogP contribution in [0.1, 0.15) is 0 Å². The van der Waals surface area contributed by atoms with Crippen LogP contribution in [0.3, 0.4) is 0 Å². The van der Waals surface area contributed by atoms with Crippen molar-refractivity contribution in [3.63, 3.8) is 0 Å². The molecule has 0 saturated carbocycles. The minimum Gasteiger partial charge on any atom is -0.411 e. The van der Waals surface area contributed by atoms with Gasteiger partial charge < -0.3 is 19.5 Å². The van der Waals surface area contributed by atoms with E-state index in [1.54, 1.807) is 18.2 Å². The fourth-order valence-electron chi connectivity index (χ4n) is 3.44. The van der Waals surface area contributed by atoms with Gasteiger partial charge in [-0.1, -0.05) is 35.5 Å². The number of anilines is 2. The molecule has 2 heterocycles. The number of carbonyl (C=O) groups is 1. The number of piperazine rings is 1. The molecule has 0 unspecified atom stereocenters. The zero-order chi connectivity index (χ0) is 23.4. The molecule has 1 aromatic heterocycles. The molecular formula is C21H21ClN6O4S. The van der Waals surface area contributed by atoms with Crippen LogP contribution in [0, 0.1) is 10.1 Å². The molecular weight excluding hydrogens is 468 g/mol. The maximum absolute atomic E-state index is 12.6. The first-order valence-corrected chi connectivity index (χ1v) is 11.5. The van der Waals surface area contributed by atoms with Crippen molar-refractivity contribution in [3.8, 4) is 11.5 Å². The number of carbonyl (C=O) groups excluding carboxylic acids is 1. The smallest absolute Gasteiger partial charge is 0.282 e. The molecule has 33 heavy (non-hydrogen) atoms. The van der Waals surface area contributed by atoms with Gasteiger partial charge in [0.15, 0.2) is 0 Å². The molecule has 172 valence electrons. The number of rotatable bonds is 7. The molecule has 3 aromatic rings. The quantitative estimate of drug-likeness (QED) is 0.301. The summed E-state index contributed by atoms with van der Waals surface area (Å²) >= 11 is 7.21. The first-order chi connectivity index (χ1) is 15.9. The van der Waals surface area contributed by atoms with E-state index < -0.39 is 4.92 Å². The second kappa shape index (κ2) is 10.2. The Morgan fingerprint density at radius 1 is 1.21 bits per heavy atom. The molecule has 0 spiro atoms. The maximum atomic E-state index is 12.6. The van der Waals surface area contributed by atoms with Crippen LogP contribution in [0.15, 0.2) is 52.1 Å². The number of para-hydroxylation sites is 1. The predicted molar refractivity (Wildman–Crippen MR) is 127 cm³/mol. The van der Waals surface area contributed by atoms with E-state index in [9.17, 15) is 14.9 Å². The summed E-state index contributed by atoms with van der Waals surface area (Å²) in [6.07, 6.45) is 0. The largest absolute Gasteiger partial charge is 0.411 e. The topological polar surface area (TPSA) is 118 Å². The van der Waals surface area contributed by atoms with Gasteiger partial charge in [0.2, 0.25) is 5.91 Å². The Bertz CT molecular complexity index is 1170. The third kappa shape index (κ3) is 5.62. The van der Waals surface area contributed by atoms with Crippen LogP contribution in [-0.2, 0) is 4.79 Å². The van der Waals surface area contributed by atoms with Gasteiger partial charge in [0.1, 0.15) is 5.56 Å². The molecule has 1 fully saturated rings. The lowest BCUT2D eigenvalue weighted by molar-refractivity contribution is -0.384. The molecule has 1 aliphatic heterocycles. The number of hydrogen-bond donors (Lipinski definition) is 1. The van der Waals surface area contributed by atoms with Gasteiger partial charge in [0.25, 0.3) is 16.8 Å². The van der Waals surface area contributed by atoms with Crippen LogP contribution in [0.2, 0.25) is 5.02 Å². The summed E-state index contributed by atoms with van der Waals surface area (Å²) in [6, 6.07) is 11.6. The number of halogens is 1. The van der Waals surface area contributed by atoms with Gasteiger partial charge in [0, 0.05) is 37.3 Å². The Morgan fingerprint density at radius 2 is 1.97 bits per heavy atom. The van der Waals surface area contributed by atoms with Gasteiger partial charge in [-0.15, -0.1) is 10.2 Å². The fraction of sp³-hybridized carbons (Fsp3) is 0.286. The van der Waals surface area contributed by atoms with E-state index in [0.29, 0.717) is 10.7 Å². The number of nitrogens with one attached hydrogen (secondary N) is 1. The first kappa shape index (κ1) is 23.0. The van der Waals surface area contributed by atoms with Gasteiger partial charge in [0.05, 0.1) is 22.1 Å². The van der Waals surface area contributed by atoms with Crippen molar-refractivity contribution in [2.24, 2.45) is 0 Å². The number of aromatic nitrogens is 2. The Balaban J connectivity index is 1.41. The highest BCUT2D eigenvalue weighted by molar-refractivity contribution is 7.99. The summed E-state index contributed by atoms with van der Waals surface area (Å²) in [6.45, 7) is 3.58. The van der Waals surface area contributed by atoms with E-state index in [2.05, 4.69) is 32.4 Å². The minimum atomic E-state index is -0.511. The van der Waals surface area contributed by atoms with Crippen molar-refractivity contribution in [1.29, 1.82) is 0 Å². The van der Waals surface area contributed by atoms with Crippen molar-refractivity contribution in [1.82, 2.24) is 15.1 Å². The molecule has 4 rings (SSSR count). The lowest BCUT2D eigenvalue weighted by Gasteiger charge is -2.35. The number of benzene rings is 2. The summed E-state index contributed by atoms with van der Waals surface area (Å²) in [5.74, 6) is -0.215. The maximum Gasteiger partial charge on any atom is 0.282 e. The van der Waals surface area contributed by atoms with Crippen molar-refractivity contribution in [2.75, 3.05) is 49.2 Å². The van der Waals surface area contributed by atoms with Crippen molar-refractivity contribution < 1.29 is 14.1 Å². The van der Waals surface area contributed by atoms with Gasteiger partial charge in [-0.2, -0.15) is 0 Å². The Hall–Kier alpha value is -3.15. The van der Waals surface area contributed by atoms with Crippen LogP contribution in [0.5, 0.6) is 0 Å². The molecule has 10 nitrogen and oxygen atoms in total. The summed E-state index contributed by atoms with van der Waals surface area (Å²) in [5, 5.41) is 22.6. The number of likely N-dealkylation sites (N-methyl/N-ethyl adjacent to an activating group) is 1. The van der Waals surface area contributed by atoms with Crippen LogP contribution in [-0.4, -0.2) is 64.9 Å². The first-order valence-electron chi connectivity index (χ1n) is 10.1. The third-order valence-corrected chi connectivity index (χ3v) is 6.19. The van der Waals surface area contributed by atoms with Gasteiger partial charge in [-0.25, -0.2) is 0 Å². The molecule has 0 aliphatic carbocycles. The number of amides is 1. The minimum absolute atomic E-state index is 0.0210. The number of nitrogens with zero attached hydrogens (tertiary/aromatic N) is 5. The van der Waals surface area contributed by atoms with E-state index in [1.807, 2.05) is 12.1 Å². The Morgan fingerprint density at radius 3 is 2.73 bits per heavy atom. The monoisotopic (exact) mass is 488 g/mol. The fourth-order valence-corrected chi connectivity index (χ4v) is 4.17. The van der Waals surface area contributed by atoms with Crippen LogP contribution in [0.4, 0.5) is 17.1 Å². The summed E-state index contributed by atoms with van der Waals surface area (Å²) in [5.41, 5.74) is 1.65. The molecule has 1 aliphatic rings. The van der Waals surface area contributed by atoms with Gasteiger partial charge in [-0.3, -0.25) is 14.9 Å². The second-order valence-electron chi connectivity index (χ2n) is 7.44. The highest BCUT2D eigenvalue weighted by Crippen LogP contribution is 2.32. The van der Waals surface area contributed by atoms with Crippen molar-refractivity contribution >= 4 is 46.3 Å². The molecule has 0 atom stereocenters. The average Bonchev–Trinajstić information content (AvgIpc) is 3.28. The molecule has 12 heteroatoms. The normalized spacial score (nSPS) is 14.3. The van der Waals surface area contributed by atoms with E-state index >= 15 is 0 Å². The summed E-state index contributed by atoms with van der Waals surface area (Å²) in [4.78, 5) is 27.8. The summed E-state index contributed by atoms with van der Waals surface area (Å²) < 4.78 is 5.53. The second-order valence-corrected chi connectivity index (χ2v) is 8.80. The lowest BCUT2D eigenvalue weighted by atomic mass is 10.2. The predicted octanol–water partition coefficient (Wildman–Crippen LogP) is 3.78. The number of hydrogen-bond acceptors (Lipinski definition) is 9. The number of nitro groups is 1. The third-order valence-electron chi connectivity index (χ3n) is 5.14. The van der Waals surface area contributed by atoms with E-state index in [0.717, 1.165) is 43.6 Å². The Labute approximate surface area is 199 Å². The lowest BCUT2D eigenvalue weighted by Crippen LogP contribution is -2.44. The van der Waals surface area contributed by atoms with Crippen molar-refractivity contribution in [2.45, 2.75) is 5.22 Å². The zero-order valence-electron chi connectivity index (χ0n) is 17.7. The molecule has 2 aromatic carbocycles. The highest BCUT2D eigenvalue weighted by Gasteiger charge is 2.21. The molecule has 0 radical (unpaired) electrons. The van der Waals surface area contributed by atoms with Crippen molar-refractivity contribution in [3.05, 3.63) is 57.6 Å². The number of nitro benzene ring substituents is 1. The molecule has 1 N–H and O–H groups in total. The molecule has 1 saturated heterocycles. The van der Waals surface area contributed by atoms with Gasteiger partial charge in [-0.05, 0) is 31.3 Å². The van der Waals surface area contributed by atoms with Crippen LogP contribution < -0.4 is 10.2 Å². The van der Waals surface area contributed by atoms with E-state index in [1.165, 1.54) is 12.1 Å². The zero-order valence-corrected chi connectivity index (χ0v) is 19.3. The Kier molecular flexibility index (Phi) is 7.11. The van der Waals surface area contributed by atoms with Gasteiger partial charge >= 0.3 is 0 Å². The van der Waals surface area contributed by atoms with Crippen LogP contribution in [0.25, 0.3) is 11.5 Å². The highest BCUT2D eigenvalue weighted by atomic mass is 35.5. The van der Waals surface area contributed by atoms with E-state index in [-0.39, 0.29) is 34.0 Å². The van der Waals surface area contributed by atoms with Crippen LogP contribution >= 0.6 is 23.4 Å². The van der Waals surface area contributed by atoms with E-state index in [4.69, 9.17) is 16.0 Å². The SMILES string of the molecule is CN1CCN(c2ccc(Cl)cc2NC(=O)CSc2nnc(-c3ccccc3[N+](=O)[O-])o2)CC1.